The van der Waals surface area contributed by atoms with Crippen molar-refractivity contribution in [1.29, 1.82) is 0 Å². The van der Waals surface area contributed by atoms with E-state index in [9.17, 15) is 0 Å². The number of hydrogen-bond donors (Lipinski definition) is 1. The van der Waals surface area contributed by atoms with Gasteiger partial charge in [-0.15, -0.1) is 0 Å². The molecule has 0 aliphatic rings. The third-order valence-corrected chi connectivity index (χ3v) is 3.26. The van der Waals surface area contributed by atoms with Gasteiger partial charge in [0, 0.05) is 18.6 Å². The standard InChI is InChI=1S/C12H12Cl2N4/c1-18(6-8-4-2-3-5-9(8)13)12-10(14)11(15)16-7-17-12/h2-5,7H,6H2,1H3,(H2,15,16,17). The van der Waals surface area contributed by atoms with Crippen LogP contribution in [0.15, 0.2) is 30.6 Å². The van der Waals surface area contributed by atoms with E-state index >= 15 is 0 Å². The van der Waals surface area contributed by atoms with Gasteiger partial charge in [0.15, 0.2) is 5.82 Å². The van der Waals surface area contributed by atoms with Crippen molar-refractivity contribution in [3.8, 4) is 0 Å². The molecular weight excluding hydrogens is 271 g/mol. The smallest absolute Gasteiger partial charge is 0.153 e. The molecule has 0 amide bonds. The highest BCUT2D eigenvalue weighted by Gasteiger charge is 2.12. The molecule has 0 bridgehead atoms. The minimum atomic E-state index is 0.271. The van der Waals surface area contributed by atoms with Crippen LogP contribution < -0.4 is 10.6 Å². The van der Waals surface area contributed by atoms with Crippen molar-refractivity contribution in [2.45, 2.75) is 6.54 Å². The Balaban J connectivity index is 2.25. The average molecular weight is 283 g/mol. The van der Waals surface area contributed by atoms with Crippen molar-refractivity contribution in [3.63, 3.8) is 0 Å². The third-order valence-electron chi connectivity index (χ3n) is 2.52. The SMILES string of the molecule is CN(Cc1ccccc1Cl)c1ncnc(N)c1Cl. The molecule has 0 spiro atoms. The first-order chi connectivity index (χ1) is 8.59. The second-order valence-corrected chi connectivity index (χ2v) is 4.63. The van der Waals surface area contributed by atoms with Crippen molar-refractivity contribution in [2.75, 3.05) is 17.7 Å². The molecule has 0 fully saturated rings. The Hall–Kier alpha value is -1.52. The summed E-state index contributed by atoms with van der Waals surface area (Å²) in [5, 5.41) is 1.06. The molecule has 2 rings (SSSR count). The van der Waals surface area contributed by atoms with Crippen LogP contribution in [-0.2, 0) is 6.54 Å². The van der Waals surface area contributed by atoms with Crippen LogP contribution in [0.2, 0.25) is 10.0 Å². The van der Waals surface area contributed by atoms with Gasteiger partial charge in [0.05, 0.1) is 0 Å². The normalized spacial score (nSPS) is 10.4. The highest BCUT2D eigenvalue weighted by molar-refractivity contribution is 6.35. The molecule has 0 saturated heterocycles. The zero-order valence-corrected chi connectivity index (χ0v) is 11.3. The molecule has 94 valence electrons. The lowest BCUT2D eigenvalue weighted by Crippen LogP contribution is -2.19. The number of aromatic nitrogens is 2. The van der Waals surface area contributed by atoms with Crippen LogP contribution in [0.25, 0.3) is 0 Å². The molecule has 1 heterocycles. The van der Waals surface area contributed by atoms with Crippen LogP contribution in [0.1, 0.15) is 5.56 Å². The molecule has 1 aromatic heterocycles. The van der Waals surface area contributed by atoms with Gasteiger partial charge in [-0.25, -0.2) is 9.97 Å². The summed E-state index contributed by atoms with van der Waals surface area (Å²) in [6.45, 7) is 0.593. The molecule has 1 aromatic carbocycles. The Morgan fingerprint density at radius 2 is 1.94 bits per heavy atom. The first-order valence-electron chi connectivity index (χ1n) is 5.30. The zero-order chi connectivity index (χ0) is 13.1. The first kappa shape index (κ1) is 12.9. The second kappa shape index (κ2) is 5.42. The summed E-state index contributed by atoms with van der Waals surface area (Å²) in [4.78, 5) is 9.83. The Bertz CT molecular complexity index is 560. The van der Waals surface area contributed by atoms with E-state index < -0.39 is 0 Å². The topological polar surface area (TPSA) is 55.0 Å². The maximum absolute atomic E-state index is 6.11. The van der Waals surface area contributed by atoms with Gasteiger partial charge in [-0.3, -0.25) is 0 Å². The summed E-state index contributed by atoms with van der Waals surface area (Å²) in [5.41, 5.74) is 6.64. The number of rotatable bonds is 3. The van der Waals surface area contributed by atoms with Gasteiger partial charge in [-0.1, -0.05) is 41.4 Å². The van der Waals surface area contributed by atoms with Gasteiger partial charge in [-0.05, 0) is 11.6 Å². The van der Waals surface area contributed by atoms with Crippen LogP contribution >= 0.6 is 23.2 Å². The Labute approximate surface area is 115 Å². The van der Waals surface area contributed by atoms with E-state index in [-0.39, 0.29) is 5.82 Å². The average Bonchev–Trinajstić information content (AvgIpc) is 2.35. The molecule has 0 aliphatic heterocycles. The van der Waals surface area contributed by atoms with Crippen molar-refractivity contribution < 1.29 is 0 Å². The summed E-state index contributed by atoms with van der Waals surface area (Å²) < 4.78 is 0. The van der Waals surface area contributed by atoms with Crippen LogP contribution in [0.5, 0.6) is 0 Å². The molecule has 0 unspecified atom stereocenters. The molecule has 2 aromatic rings. The quantitative estimate of drug-likeness (QED) is 0.940. The fraction of sp³-hybridized carbons (Fsp3) is 0.167. The van der Waals surface area contributed by atoms with E-state index in [1.54, 1.807) is 0 Å². The minimum absolute atomic E-state index is 0.271. The molecule has 2 N–H and O–H groups in total. The molecule has 4 nitrogen and oxygen atoms in total. The molecule has 0 radical (unpaired) electrons. The molecule has 0 saturated carbocycles. The summed E-state index contributed by atoms with van der Waals surface area (Å²) in [7, 11) is 1.87. The van der Waals surface area contributed by atoms with Gasteiger partial charge < -0.3 is 10.6 Å². The van der Waals surface area contributed by atoms with E-state index in [4.69, 9.17) is 28.9 Å². The Kier molecular flexibility index (Phi) is 3.89. The number of halogens is 2. The predicted molar refractivity (Wildman–Crippen MR) is 75.0 cm³/mol. The van der Waals surface area contributed by atoms with E-state index in [2.05, 4.69) is 9.97 Å². The van der Waals surface area contributed by atoms with E-state index in [1.165, 1.54) is 6.33 Å². The molecular formula is C12H12Cl2N4. The summed E-state index contributed by atoms with van der Waals surface area (Å²) >= 11 is 12.2. The fourth-order valence-electron chi connectivity index (χ4n) is 1.60. The summed E-state index contributed by atoms with van der Waals surface area (Å²) in [6.07, 6.45) is 1.39. The van der Waals surface area contributed by atoms with Crippen molar-refractivity contribution in [2.24, 2.45) is 0 Å². The maximum Gasteiger partial charge on any atom is 0.153 e. The lowest BCUT2D eigenvalue weighted by Gasteiger charge is -2.20. The molecule has 6 heteroatoms. The van der Waals surface area contributed by atoms with Crippen molar-refractivity contribution in [1.82, 2.24) is 9.97 Å². The zero-order valence-electron chi connectivity index (χ0n) is 9.77. The summed E-state index contributed by atoms with van der Waals surface area (Å²) in [5.74, 6) is 0.858. The lowest BCUT2D eigenvalue weighted by molar-refractivity contribution is 0.892. The van der Waals surface area contributed by atoms with Crippen LogP contribution in [0, 0.1) is 0 Å². The van der Waals surface area contributed by atoms with E-state index in [0.29, 0.717) is 22.4 Å². The van der Waals surface area contributed by atoms with Gasteiger partial charge in [0.1, 0.15) is 17.2 Å². The predicted octanol–water partition coefficient (Wildman–Crippen LogP) is 3.00. The fourth-order valence-corrected chi connectivity index (χ4v) is 2.03. The van der Waals surface area contributed by atoms with E-state index in [1.807, 2.05) is 36.2 Å². The maximum atomic E-state index is 6.11. The monoisotopic (exact) mass is 282 g/mol. The minimum Gasteiger partial charge on any atom is -0.382 e. The van der Waals surface area contributed by atoms with Gasteiger partial charge in [0.25, 0.3) is 0 Å². The first-order valence-corrected chi connectivity index (χ1v) is 6.05. The number of nitrogens with two attached hydrogens (primary N) is 1. The lowest BCUT2D eigenvalue weighted by atomic mass is 10.2. The highest BCUT2D eigenvalue weighted by atomic mass is 35.5. The Morgan fingerprint density at radius 1 is 1.22 bits per heavy atom. The second-order valence-electron chi connectivity index (χ2n) is 3.84. The van der Waals surface area contributed by atoms with Gasteiger partial charge in [0.2, 0.25) is 0 Å². The number of anilines is 2. The summed E-state index contributed by atoms with van der Waals surface area (Å²) in [6, 6.07) is 7.63. The van der Waals surface area contributed by atoms with Gasteiger partial charge in [-0.2, -0.15) is 0 Å². The number of benzene rings is 1. The third kappa shape index (κ3) is 2.66. The number of nitrogen functional groups attached to an aromatic ring is 1. The number of nitrogens with zero attached hydrogens (tertiary/aromatic N) is 3. The van der Waals surface area contributed by atoms with Crippen molar-refractivity contribution >= 4 is 34.8 Å². The largest absolute Gasteiger partial charge is 0.382 e. The highest BCUT2D eigenvalue weighted by Crippen LogP contribution is 2.28. The van der Waals surface area contributed by atoms with Gasteiger partial charge >= 0.3 is 0 Å². The van der Waals surface area contributed by atoms with Crippen LogP contribution in [-0.4, -0.2) is 17.0 Å². The Morgan fingerprint density at radius 3 is 2.67 bits per heavy atom. The van der Waals surface area contributed by atoms with Crippen molar-refractivity contribution in [3.05, 3.63) is 46.2 Å². The molecule has 0 aliphatic carbocycles. The molecule has 0 atom stereocenters. The van der Waals surface area contributed by atoms with Crippen LogP contribution in [0.3, 0.4) is 0 Å². The molecule has 18 heavy (non-hydrogen) atoms. The van der Waals surface area contributed by atoms with Crippen LogP contribution in [0.4, 0.5) is 11.6 Å². The number of hydrogen-bond acceptors (Lipinski definition) is 4. The van der Waals surface area contributed by atoms with E-state index in [0.717, 1.165) is 5.56 Å².